The smallest absolute Gasteiger partial charge is 0.251 e. The van der Waals surface area contributed by atoms with Crippen LogP contribution < -0.4 is 10.5 Å². The van der Waals surface area contributed by atoms with Crippen LogP contribution in [-0.4, -0.2) is 38.3 Å². The molecule has 1 rings (SSSR count). The third-order valence-corrected chi connectivity index (χ3v) is 2.88. The Kier molecular flexibility index (Phi) is 5.51. The molecule has 4 N–H and O–H groups in total. The second kappa shape index (κ2) is 6.89. The fourth-order valence-electron chi connectivity index (χ4n) is 1.29. The lowest BCUT2D eigenvalue weighted by Gasteiger charge is -2.04. The van der Waals surface area contributed by atoms with Crippen molar-refractivity contribution in [2.45, 2.75) is 0 Å². The fourth-order valence-corrected chi connectivity index (χ4v) is 1.68. The molecule has 0 saturated carbocycles. The van der Waals surface area contributed by atoms with E-state index in [9.17, 15) is 13.2 Å². The Morgan fingerprint density at radius 1 is 1.42 bits per heavy atom. The van der Waals surface area contributed by atoms with Crippen LogP contribution in [0.2, 0.25) is 0 Å². The van der Waals surface area contributed by atoms with Gasteiger partial charge in [-0.05, 0) is 18.2 Å². The Morgan fingerprint density at radius 3 is 2.79 bits per heavy atom. The highest BCUT2D eigenvalue weighted by Gasteiger charge is 2.07. The van der Waals surface area contributed by atoms with Crippen molar-refractivity contribution in [3.8, 4) is 11.8 Å². The van der Waals surface area contributed by atoms with E-state index in [0.29, 0.717) is 11.1 Å². The van der Waals surface area contributed by atoms with Crippen LogP contribution in [0, 0.1) is 11.8 Å². The SMILES string of the molecule is NS(=O)(=O)CCNC(=O)c1cccc(C#CCO)c1. The second-order valence-corrected chi connectivity index (χ2v) is 5.40. The third kappa shape index (κ3) is 6.01. The monoisotopic (exact) mass is 282 g/mol. The number of nitrogens with one attached hydrogen (secondary N) is 1. The van der Waals surface area contributed by atoms with Gasteiger partial charge >= 0.3 is 0 Å². The summed E-state index contributed by atoms with van der Waals surface area (Å²) in [5, 5.41) is 15.8. The standard InChI is InChI=1S/C12H14N2O4S/c13-19(17,18)8-6-14-12(16)11-5-1-3-10(9-11)4-2-7-15/h1,3,5,9,15H,6-8H2,(H,14,16)(H2,13,17,18). The quantitative estimate of drug-likeness (QED) is 0.618. The van der Waals surface area contributed by atoms with Crippen LogP contribution in [0.5, 0.6) is 0 Å². The van der Waals surface area contributed by atoms with Crippen molar-refractivity contribution < 1.29 is 18.3 Å². The summed E-state index contributed by atoms with van der Waals surface area (Å²) < 4.78 is 21.4. The second-order valence-electron chi connectivity index (χ2n) is 3.66. The average Bonchev–Trinajstić information content (AvgIpc) is 2.35. The molecule has 102 valence electrons. The molecule has 0 unspecified atom stereocenters. The first-order valence-corrected chi connectivity index (χ1v) is 7.12. The Hall–Kier alpha value is -1.88. The van der Waals surface area contributed by atoms with E-state index in [1.54, 1.807) is 24.3 Å². The lowest BCUT2D eigenvalue weighted by Crippen LogP contribution is -2.31. The van der Waals surface area contributed by atoms with Gasteiger partial charge in [-0.1, -0.05) is 17.9 Å². The number of aliphatic hydroxyl groups is 1. The van der Waals surface area contributed by atoms with E-state index in [0.717, 1.165) is 0 Å². The highest BCUT2D eigenvalue weighted by atomic mass is 32.2. The van der Waals surface area contributed by atoms with E-state index in [4.69, 9.17) is 10.2 Å². The van der Waals surface area contributed by atoms with Gasteiger partial charge in [0.15, 0.2) is 0 Å². The van der Waals surface area contributed by atoms with E-state index in [1.165, 1.54) is 0 Å². The van der Waals surface area contributed by atoms with E-state index >= 15 is 0 Å². The van der Waals surface area contributed by atoms with Crippen LogP contribution in [0.3, 0.4) is 0 Å². The van der Waals surface area contributed by atoms with Gasteiger partial charge in [0.2, 0.25) is 10.0 Å². The average molecular weight is 282 g/mol. The molecule has 6 nitrogen and oxygen atoms in total. The molecule has 1 amide bonds. The molecule has 0 aliphatic heterocycles. The molecule has 0 radical (unpaired) electrons. The molecule has 0 aliphatic rings. The van der Waals surface area contributed by atoms with Gasteiger partial charge < -0.3 is 10.4 Å². The van der Waals surface area contributed by atoms with Gasteiger partial charge in [-0.25, -0.2) is 13.6 Å². The number of hydrogen-bond donors (Lipinski definition) is 3. The van der Waals surface area contributed by atoms with Gasteiger partial charge in [0, 0.05) is 17.7 Å². The molecule has 7 heteroatoms. The number of carbonyl (C=O) groups is 1. The van der Waals surface area contributed by atoms with Crippen LogP contribution >= 0.6 is 0 Å². The zero-order valence-electron chi connectivity index (χ0n) is 10.1. The summed E-state index contributed by atoms with van der Waals surface area (Å²) in [7, 11) is -3.59. The highest BCUT2D eigenvalue weighted by molar-refractivity contribution is 7.89. The van der Waals surface area contributed by atoms with Crippen molar-refractivity contribution in [1.82, 2.24) is 5.32 Å². The maximum atomic E-state index is 11.7. The van der Waals surface area contributed by atoms with E-state index in [-0.39, 0.29) is 18.9 Å². The first-order chi connectivity index (χ1) is 8.92. The molecule has 0 aliphatic carbocycles. The van der Waals surface area contributed by atoms with E-state index in [1.807, 2.05) is 0 Å². The molecule has 0 saturated heterocycles. The normalized spacial score (nSPS) is 10.4. The number of nitrogens with two attached hydrogens (primary N) is 1. The molecule has 19 heavy (non-hydrogen) atoms. The molecule has 0 fully saturated rings. The number of hydrogen-bond acceptors (Lipinski definition) is 4. The summed E-state index contributed by atoms with van der Waals surface area (Å²) in [6.07, 6.45) is 0. The number of amides is 1. The summed E-state index contributed by atoms with van der Waals surface area (Å²) in [4.78, 5) is 11.7. The maximum absolute atomic E-state index is 11.7. The number of primary sulfonamides is 1. The van der Waals surface area contributed by atoms with Crippen LogP contribution in [0.25, 0.3) is 0 Å². The molecule has 0 spiro atoms. The van der Waals surface area contributed by atoms with Gasteiger partial charge in [0.1, 0.15) is 6.61 Å². The molecule has 1 aromatic carbocycles. The number of carbonyl (C=O) groups excluding carboxylic acids is 1. The first kappa shape index (κ1) is 15.2. The molecule has 0 heterocycles. The lowest BCUT2D eigenvalue weighted by molar-refractivity contribution is 0.0956. The summed E-state index contributed by atoms with van der Waals surface area (Å²) in [6.45, 7) is -0.311. The van der Waals surface area contributed by atoms with Gasteiger partial charge in [0.05, 0.1) is 5.75 Å². The van der Waals surface area contributed by atoms with Crippen LogP contribution in [0.4, 0.5) is 0 Å². The zero-order valence-corrected chi connectivity index (χ0v) is 10.9. The van der Waals surface area contributed by atoms with Gasteiger partial charge in [0.25, 0.3) is 5.91 Å². The molecular weight excluding hydrogens is 268 g/mol. The van der Waals surface area contributed by atoms with Crippen molar-refractivity contribution in [2.75, 3.05) is 18.9 Å². The number of benzene rings is 1. The largest absolute Gasteiger partial charge is 0.384 e. The lowest BCUT2D eigenvalue weighted by atomic mass is 10.1. The maximum Gasteiger partial charge on any atom is 0.251 e. The van der Waals surface area contributed by atoms with Crippen molar-refractivity contribution in [3.05, 3.63) is 35.4 Å². The van der Waals surface area contributed by atoms with Crippen molar-refractivity contribution in [1.29, 1.82) is 0 Å². The van der Waals surface area contributed by atoms with Crippen LogP contribution in [0.1, 0.15) is 15.9 Å². The molecule has 0 bridgehead atoms. The predicted molar refractivity (Wildman–Crippen MR) is 70.7 cm³/mol. The van der Waals surface area contributed by atoms with Crippen LogP contribution in [-0.2, 0) is 10.0 Å². The summed E-state index contributed by atoms with van der Waals surface area (Å²) in [5.41, 5.74) is 0.951. The molecular formula is C12H14N2O4S. The molecule has 1 aromatic rings. The fraction of sp³-hybridized carbons (Fsp3) is 0.250. The Bertz CT molecular complexity index is 614. The number of rotatable bonds is 4. The van der Waals surface area contributed by atoms with E-state index in [2.05, 4.69) is 17.2 Å². The summed E-state index contributed by atoms with van der Waals surface area (Å²) in [5.74, 6) is 4.42. The topological polar surface area (TPSA) is 109 Å². The molecule has 0 atom stereocenters. The minimum absolute atomic E-state index is 0.0514. The highest BCUT2D eigenvalue weighted by Crippen LogP contribution is 2.03. The van der Waals surface area contributed by atoms with Crippen molar-refractivity contribution >= 4 is 15.9 Å². The summed E-state index contributed by atoms with van der Waals surface area (Å²) >= 11 is 0. The van der Waals surface area contributed by atoms with Crippen molar-refractivity contribution in [2.24, 2.45) is 5.14 Å². The summed E-state index contributed by atoms with van der Waals surface area (Å²) in [6, 6.07) is 6.48. The van der Waals surface area contributed by atoms with Crippen molar-refractivity contribution in [3.63, 3.8) is 0 Å². The Morgan fingerprint density at radius 2 is 2.16 bits per heavy atom. The Labute approximate surface area is 111 Å². The zero-order chi connectivity index (χ0) is 14.3. The number of aliphatic hydroxyl groups excluding tert-OH is 1. The third-order valence-electron chi connectivity index (χ3n) is 2.11. The van der Waals surface area contributed by atoms with Gasteiger partial charge in [-0.3, -0.25) is 4.79 Å². The first-order valence-electron chi connectivity index (χ1n) is 5.41. The predicted octanol–water partition coefficient (Wildman–Crippen LogP) is -0.951. The number of sulfonamides is 1. The minimum atomic E-state index is -3.59. The Balaban J connectivity index is 2.67. The van der Waals surface area contributed by atoms with E-state index < -0.39 is 15.9 Å². The van der Waals surface area contributed by atoms with Gasteiger partial charge in [-0.2, -0.15) is 0 Å². The minimum Gasteiger partial charge on any atom is -0.384 e. The van der Waals surface area contributed by atoms with Crippen LogP contribution in [0.15, 0.2) is 24.3 Å². The molecule has 0 aromatic heterocycles. The van der Waals surface area contributed by atoms with Gasteiger partial charge in [-0.15, -0.1) is 0 Å².